The number of aromatic nitrogens is 1. The van der Waals surface area contributed by atoms with Gasteiger partial charge in [-0.3, -0.25) is 4.99 Å². The van der Waals surface area contributed by atoms with Gasteiger partial charge in [-0.1, -0.05) is 6.92 Å². The molecule has 0 radical (unpaired) electrons. The molecule has 0 saturated heterocycles. The number of aromatic amines is 1. The molecule has 0 bridgehead atoms. The maximum atomic E-state index is 13.3. The molecule has 136 valence electrons. The third kappa shape index (κ3) is 4.03. The Morgan fingerprint density at radius 2 is 2.04 bits per heavy atom. The Morgan fingerprint density at radius 1 is 1.27 bits per heavy atom. The van der Waals surface area contributed by atoms with Crippen LogP contribution in [0.4, 0.5) is 15.8 Å². The fraction of sp³-hybridized carbons (Fsp3) is 0.250. The van der Waals surface area contributed by atoms with Crippen molar-refractivity contribution in [2.24, 2.45) is 4.99 Å². The van der Waals surface area contributed by atoms with Crippen molar-refractivity contribution in [2.75, 3.05) is 19.0 Å². The van der Waals surface area contributed by atoms with Crippen LogP contribution in [-0.4, -0.2) is 36.1 Å². The number of halogens is 1. The lowest BCUT2D eigenvalue weighted by Crippen LogP contribution is -2.23. The zero-order chi connectivity index (χ0) is 18.5. The minimum absolute atomic E-state index is 0.0296. The van der Waals surface area contributed by atoms with Crippen LogP contribution in [0.25, 0.3) is 10.9 Å². The summed E-state index contributed by atoms with van der Waals surface area (Å²) in [5.74, 6) is -0.387. The van der Waals surface area contributed by atoms with Crippen molar-refractivity contribution in [1.82, 2.24) is 4.98 Å². The van der Waals surface area contributed by atoms with Crippen LogP contribution in [0.5, 0.6) is 5.88 Å². The fourth-order valence-corrected chi connectivity index (χ4v) is 2.79. The molecule has 1 aromatic heterocycles. The molecule has 0 amide bonds. The van der Waals surface area contributed by atoms with E-state index in [0.717, 1.165) is 23.2 Å². The van der Waals surface area contributed by atoms with Gasteiger partial charge in [0.2, 0.25) is 0 Å². The molecular formula is C20H22FN3O2. The lowest BCUT2D eigenvalue weighted by molar-refractivity contribution is 0.184. The second-order valence-electron chi connectivity index (χ2n) is 6.09. The number of H-pyrrole nitrogens is 1. The molecule has 2 aromatic carbocycles. The highest BCUT2D eigenvalue weighted by Gasteiger charge is 2.09. The van der Waals surface area contributed by atoms with Crippen molar-refractivity contribution in [3.05, 3.63) is 53.8 Å². The lowest BCUT2D eigenvalue weighted by Gasteiger charge is -2.17. The summed E-state index contributed by atoms with van der Waals surface area (Å²) in [6.45, 7) is 2.76. The van der Waals surface area contributed by atoms with E-state index in [4.69, 9.17) is 4.74 Å². The van der Waals surface area contributed by atoms with Gasteiger partial charge in [0.25, 0.3) is 0 Å². The number of ether oxygens (including phenoxy) is 1. The van der Waals surface area contributed by atoms with Gasteiger partial charge in [-0.2, -0.15) is 0 Å². The van der Waals surface area contributed by atoms with Gasteiger partial charge < -0.3 is 20.1 Å². The summed E-state index contributed by atoms with van der Waals surface area (Å²) >= 11 is 0. The van der Waals surface area contributed by atoms with Crippen LogP contribution in [0.15, 0.2) is 47.5 Å². The third-order valence-electron chi connectivity index (χ3n) is 4.22. The van der Waals surface area contributed by atoms with Gasteiger partial charge in [0.15, 0.2) is 5.88 Å². The molecule has 0 aliphatic heterocycles. The third-order valence-corrected chi connectivity index (χ3v) is 4.22. The van der Waals surface area contributed by atoms with E-state index in [0.29, 0.717) is 17.7 Å². The van der Waals surface area contributed by atoms with Crippen molar-refractivity contribution in [1.29, 1.82) is 0 Å². The van der Waals surface area contributed by atoms with E-state index in [1.165, 1.54) is 12.1 Å². The largest absolute Gasteiger partial charge is 0.494 e. The van der Waals surface area contributed by atoms with E-state index in [-0.39, 0.29) is 17.7 Å². The average molecular weight is 355 g/mol. The first kappa shape index (κ1) is 17.9. The molecule has 1 heterocycles. The summed E-state index contributed by atoms with van der Waals surface area (Å²) in [5, 5.41) is 14.2. The normalized spacial score (nSPS) is 12.7. The molecule has 3 aromatic rings. The first-order chi connectivity index (χ1) is 12.6. The quantitative estimate of drug-likeness (QED) is 0.543. The van der Waals surface area contributed by atoms with Crippen LogP contribution in [0.1, 0.15) is 18.9 Å². The number of nitrogens with zero attached hydrogens (tertiary/aromatic N) is 1. The summed E-state index contributed by atoms with van der Waals surface area (Å²) in [4.78, 5) is 7.16. The number of nitrogens with one attached hydrogen (secondary N) is 2. The Kier molecular flexibility index (Phi) is 5.53. The number of rotatable bonds is 7. The van der Waals surface area contributed by atoms with Crippen molar-refractivity contribution < 1.29 is 14.2 Å². The molecule has 5 nitrogen and oxygen atoms in total. The fourth-order valence-electron chi connectivity index (χ4n) is 2.79. The predicted molar refractivity (Wildman–Crippen MR) is 103 cm³/mol. The van der Waals surface area contributed by atoms with Crippen molar-refractivity contribution >= 4 is 28.5 Å². The Balaban J connectivity index is 1.76. The SMILES string of the molecule is CCC(COC)Nc1ccc(N=Cc2c(O)[nH]c3cc(F)ccc23)cc1. The van der Waals surface area contributed by atoms with E-state index in [2.05, 4.69) is 22.2 Å². The number of aliphatic imine (C=N–C) groups is 1. The highest BCUT2D eigenvalue weighted by atomic mass is 19.1. The van der Waals surface area contributed by atoms with E-state index in [1.54, 1.807) is 19.4 Å². The summed E-state index contributed by atoms with van der Waals surface area (Å²) in [6, 6.07) is 12.3. The molecule has 0 fully saturated rings. The number of anilines is 1. The van der Waals surface area contributed by atoms with Gasteiger partial charge in [-0.15, -0.1) is 0 Å². The number of fused-ring (bicyclic) bond motifs is 1. The Labute approximate surface area is 151 Å². The van der Waals surface area contributed by atoms with Gasteiger partial charge in [0.05, 0.1) is 23.4 Å². The van der Waals surface area contributed by atoms with Gasteiger partial charge in [0, 0.05) is 30.4 Å². The standard InChI is InChI=1S/C20H22FN3O2/c1-3-14(12-26-2)23-16-7-5-15(6-8-16)22-11-18-17-9-4-13(21)10-19(17)24-20(18)25/h4-11,14,23-25H,3,12H2,1-2H3. The number of hydrogen-bond acceptors (Lipinski definition) is 4. The monoisotopic (exact) mass is 355 g/mol. The molecule has 1 atom stereocenters. The summed E-state index contributed by atoms with van der Waals surface area (Å²) in [5.41, 5.74) is 2.82. The van der Waals surface area contributed by atoms with E-state index in [1.807, 2.05) is 24.3 Å². The van der Waals surface area contributed by atoms with Crippen LogP contribution in [0.2, 0.25) is 0 Å². The van der Waals surface area contributed by atoms with Gasteiger partial charge >= 0.3 is 0 Å². The molecule has 0 saturated carbocycles. The number of methoxy groups -OCH3 is 1. The molecule has 3 rings (SSSR count). The molecular weight excluding hydrogens is 333 g/mol. The average Bonchev–Trinajstić information content (AvgIpc) is 2.94. The number of aromatic hydroxyl groups is 1. The van der Waals surface area contributed by atoms with Crippen LogP contribution >= 0.6 is 0 Å². The summed E-state index contributed by atoms with van der Waals surface area (Å²) in [7, 11) is 1.69. The lowest BCUT2D eigenvalue weighted by atomic mass is 10.2. The second-order valence-corrected chi connectivity index (χ2v) is 6.09. The smallest absolute Gasteiger partial charge is 0.198 e. The molecule has 0 aliphatic carbocycles. The molecule has 0 aliphatic rings. The van der Waals surface area contributed by atoms with Crippen LogP contribution in [0, 0.1) is 5.82 Å². The van der Waals surface area contributed by atoms with Crippen LogP contribution in [-0.2, 0) is 4.74 Å². The number of benzene rings is 2. The van der Waals surface area contributed by atoms with E-state index >= 15 is 0 Å². The van der Waals surface area contributed by atoms with Crippen LogP contribution < -0.4 is 5.32 Å². The maximum Gasteiger partial charge on any atom is 0.198 e. The first-order valence-corrected chi connectivity index (χ1v) is 8.50. The molecule has 3 N–H and O–H groups in total. The van der Waals surface area contributed by atoms with Gasteiger partial charge in [-0.25, -0.2) is 4.39 Å². The molecule has 0 spiro atoms. The van der Waals surface area contributed by atoms with Crippen molar-refractivity contribution in [3.8, 4) is 5.88 Å². The Morgan fingerprint density at radius 3 is 2.73 bits per heavy atom. The Bertz CT molecular complexity index is 903. The highest BCUT2D eigenvalue weighted by Crippen LogP contribution is 2.27. The van der Waals surface area contributed by atoms with Crippen molar-refractivity contribution in [3.63, 3.8) is 0 Å². The van der Waals surface area contributed by atoms with Gasteiger partial charge in [0.1, 0.15) is 5.82 Å². The van der Waals surface area contributed by atoms with Crippen LogP contribution in [0.3, 0.4) is 0 Å². The minimum atomic E-state index is -0.357. The van der Waals surface area contributed by atoms with E-state index in [9.17, 15) is 9.50 Å². The molecule has 6 heteroatoms. The van der Waals surface area contributed by atoms with Crippen molar-refractivity contribution in [2.45, 2.75) is 19.4 Å². The molecule has 26 heavy (non-hydrogen) atoms. The maximum absolute atomic E-state index is 13.3. The number of hydrogen-bond donors (Lipinski definition) is 3. The highest BCUT2D eigenvalue weighted by molar-refractivity contribution is 6.02. The Hall–Kier alpha value is -2.86. The summed E-state index contributed by atoms with van der Waals surface area (Å²) in [6.07, 6.45) is 2.54. The zero-order valence-corrected chi connectivity index (χ0v) is 14.8. The minimum Gasteiger partial charge on any atom is -0.494 e. The summed E-state index contributed by atoms with van der Waals surface area (Å²) < 4.78 is 18.5. The van der Waals surface area contributed by atoms with E-state index < -0.39 is 0 Å². The predicted octanol–water partition coefficient (Wildman–Crippen LogP) is 4.60. The second kappa shape index (κ2) is 8.01. The topological polar surface area (TPSA) is 69.6 Å². The zero-order valence-electron chi connectivity index (χ0n) is 14.8. The molecule has 1 unspecified atom stereocenters. The van der Waals surface area contributed by atoms with Gasteiger partial charge in [-0.05, 0) is 48.9 Å². The first-order valence-electron chi connectivity index (χ1n) is 8.50.